The van der Waals surface area contributed by atoms with Crippen LogP contribution in [0.2, 0.25) is 0 Å². The number of hydrogen-bond acceptors (Lipinski definition) is 12. The Morgan fingerprint density at radius 1 is 1.09 bits per heavy atom. The van der Waals surface area contributed by atoms with Crippen molar-refractivity contribution in [2.45, 2.75) is 101 Å². The number of ether oxygens (including phenoxy) is 2. The minimum absolute atomic E-state index is 0.0344. The molecule has 6 rings (SSSR count). The third-order valence-electron chi connectivity index (χ3n) is 8.99. The van der Waals surface area contributed by atoms with Crippen LogP contribution in [0.25, 0.3) is 21.7 Å². The van der Waals surface area contributed by atoms with E-state index in [-0.39, 0.29) is 25.3 Å². The summed E-state index contributed by atoms with van der Waals surface area (Å²) in [5, 5.41) is 5.67. The van der Waals surface area contributed by atoms with Crippen molar-refractivity contribution in [1.29, 1.82) is 0 Å². The van der Waals surface area contributed by atoms with Crippen molar-refractivity contribution in [3.8, 4) is 17.4 Å². The average molecular weight is 769 g/mol. The van der Waals surface area contributed by atoms with Gasteiger partial charge < -0.3 is 19.7 Å². The number of rotatable bonds is 9. The molecule has 3 aromatic rings. The van der Waals surface area contributed by atoms with E-state index in [9.17, 15) is 27.6 Å². The lowest BCUT2D eigenvalue weighted by Crippen LogP contribution is -2.63. The maximum absolute atomic E-state index is 14.5. The zero-order chi connectivity index (χ0) is 38.5. The molecule has 284 valence electrons. The van der Waals surface area contributed by atoms with Gasteiger partial charge in [-0.1, -0.05) is 12.1 Å². The van der Waals surface area contributed by atoms with Gasteiger partial charge in [-0.05, 0) is 84.4 Å². The van der Waals surface area contributed by atoms with Crippen LogP contribution in [0, 0.1) is 5.92 Å². The Balaban J connectivity index is 1.31. The lowest BCUT2D eigenvalue weighted by molar-refractivity contribution is -0.131. The second-order valence-electron chi connectivity index (χ2n) is 15.4. The van der Waals surface area contributed by atoms with Crippen LogP contribution in [0.5, 0.6) is 5.88 Å². The van der Waals surface area contributed by atoms with Crippen molar-refractivity contribution in [3.05, 3.63) is 48.5 Å². The van der Waals surface area contributed by atoms with E-state index in [1.807, 2.05) is 17.5 Å². The first-order chi connectivity index (χ1) is 24.8. The van der Waals surface area contributed by atoms with Gasteiger partial charge in [0.2, 0.25) is 21.8 Å². The molecular weight excluding hydrogens is 725 g/mol. The summed E-state index contributed by atoms with van der Waals surface area (Å²) in [6, 6.07) is 5.21. The Bertz CT molecular complexity index is 2040. The Hall–Kier alpha value is -4.84. The third-order valence-corrected chi connectivity index (χ3v) is 11.6. The maximum atomic E-state index is 14.5. The van der Waals surface area contributed by atoms with Crippen LogP contribution in [0.4, 0.5) is 9.59 Å². The second-order valence-corrected chi connectivity index (χ2v) is 18.3. The van der Waals surface area contributed by atoms with Crippen LogP contribution in [0.15, 0.2) is 48.5 Å². The topological polar surface area (TPSA) is 202 Å². The molecule has 3 fully saturated rings. The number of aromatic nitrogens is 3. The molecule has 16 nitrogen and oxygen atoms in total. The zero-order valence-corrected chi connectivity index (χ0v) is 32.0. The largest absolute Gasteiger partial charge is 0.472 e. The quantitative estimate of drug-likeness (QED) is 0.211. The summed E-state index contributed by atoms with van der Waals surface area (Å²) >= 11 is 1.39. The minimum Gasteiger partial charge on any atom is -0.472 e. The number of nitrogens with one attached hydrogen (secondary N) is 3. The van der Waals surface area contributed by atoms with Gasteiger partial charge in [0.05, 0.1) is 22.7 Å². The molecule has 18 heteroatoms. The molecule has 4 atom stereocenters. The van der Waals surface area contributed by atoms with Gasteiger partial charge in [0, 0.05) is 18.5 Å². The first-order valence-electron chi connectivity index (χ1n) is 17.3. The number of hydrogen-bond donors (Lipinski definition) is 3. The third kappa shape index (κ3) is 8.22. The van der Waals surface area contributed by atoms with E-state index in [2.05, 4.69) is 37.0 Å². The Labute approximate surface area is 311 Å². The van der Waals surface area contributed by atoms with Crippen molar-refractivity contribution < 1.29 is 37.1 Å². The predicted molar refractivity (Wildman–Crippen MR) is 196 cm³/mol. The monoisotopic (exact) mass is 768 g/mol. The number of hydrazine groups is 1. The number of thiophene rings is 1. The molecule has 3 N–H and O–H groups in total. The molecular formula is C35H44N8O8S2. The van der Waals surface area contributed by atoms with Crippen molar-refractivity contribution >= 4 is 55.5 Å². The molecule has 0 spiro atoms. The van der Waals surface area contributed by atoms with Gasteiger partial charge in [-0.3, -0.25) is 19.3 Å². The van der Waals surface area contributed by atoms with E-state index in [0.717, 1.165) is 5.01 Å². The van der Waals surface area contributed by atoms with E-state index in [1.165, 1.54) is 22.3 Å². The molecule has 1 aliphatic heterocycles. The molecule has 4 heterocycles. The maximum Gasteiger partial charge on any atom is 0.426 e. The second kappa shape index (κ2) is 13.9. The molecule has 0 radical (unpaired) electrons. The fraction of sp³-hybridized carbons (Fsp3) is 0.514. The summed E-state index contributed by atoms with van der Waals surface area (Å²) in [7, 11) is -3.92. The van der Waals surface area contributed by atoms with Gasteiger partial charge in [-0.2, -0.15) is 4.98 Å². The van der Waals surface area contributed by atoms with Crippen LogP contribution < -0.4 is 20.2 Å². The van der Waals surface area contributed by atoms with Crippen molar-refractivity contribution in [2.24, 2.45) is 5.92 Å². The fourth-order valence-corrected chi connectivity index (χ4v) is 8.19. The van der Waals surface area contributed by atoms with Crippen LogP contribution in [-0.4, -0.2) is 97.8 Å². The van der Waals surface area contributed by atoms with Crippen molar-refractivity contribution in [3.63, 3.8) is 0 Å². The highest BCUT2D eigenvalue weighted by Crippen LogP contribution is 2.45. The van der Waals surface area contributed by atoms with E-state index < -0.39 is 74.0 Å². The SMILES string of the molecule is C=C[C@@H]1CC1(NC(=O)[C@@H]1CC(Oc2nc(-c3ccccn3)nc3sccc23)CN1C(=O)N(NC(=O)OC(C)(C)C)C(C)(C)C)C(=O)NS(=O)(=O)C1CC1. The molecule has 2 aliphatic carbocycles. The number of urea groups is 1. The van der Waals surface area contributed by atoms with Crippen LogP contribution in [-0.2, 0) is 24.3 Å². The molecule has 5 amide bonds. The molecule has 1 saturated heterocycles. The molecule has 0 bridgehead atoms. The number of fused-ring (bicyclic) bond motifs is 1. The van der Waals surface area contributed by atoms with Gasteiger partial charge in [-0.25, -0.2) is 33.4 Å². The Kier molecular flexibility index (Phi) is 9.91. The lowest BCUT2D eigenvalue weighted by Gasteiger charge is -2.39. The summed E-state index contributed by atoms with van der Waals surface area (Å²) in [5.74, 6) is -1.57. The molecule has 53 heavy (non-hydrogen) atoms. The van der Waals surface area contributed by atoms with Gasteiger partial charge >= 0.3 is 12.1 Å². The van der Waals surface area contributed by atoms with E-state index in [0.29, 0.717) is 34.6 Å². The number of carbonyl (C=O) groups excluding carboxylic acids is 4. The zero-order valence-electron chi connectivity index (χ0n) is 30.4. The highest BCUT2D eigenvalue weighted by Gasteiger charge is 2.62. The normalized spacial score (nSPS) is 22.8. The van der Waals surface area contributed by atoms with Crippen LogP contribution in [0.1, 0.15) is 67.2 Å². The number of amides is 5. The summed E-state index contributed by atoms with van der Waals surface area (Å²) < 4.78 is 39.4. The first kappa shape index (κ1) is 37.9. The summed E-state index contributed by atoms with van der Waals surface area (Å²) in [6.45, 7) is 13.8. The number of likely N-dealkylation sites (tertiary alicyclic amines) is 1. The fourth-order valence-electron chi connectivity index (χ4n) is 6.07. The van der Waals surface area contributed by atoms with Gasteiger partial charge in [0.25, 0.3) is 5.91 Å². The van der Waals surface area contributed by atoms with E-state index in [1.54, 1.807) is 59.9 Å². The predicted octanol–water partition coefficient (Wildman–Crippen LogP) is 3.90. The highest BCUT2D eigenvalue weighted by molar-refractivity contribution is 7.91. The van der Waals surface area contributed by atoms with Gasteiger partial charge in [-0.15, -0.1) is 17.9 Å². The summed E-state index contributed by atoms with van der Waals surface area (Å²) in [4.78, 5) is 70.8. The summed E-state index contributed by atoms with van der Waals surface area (Å²) in [5.41, 5.74) is -0.383. The smallest absolute Gasteiger partial charge is 0.426 e. The number of carbonyl (C=O) groups is 4. The van der Waals surface area contributed by atoms with Gasteiger partial charge in [0.1, 0.15) is 33.8 Å². The van der Waals surface area contributed by atoms with Crippen molar-refractivity contribution in [2.75, 3.05) is 6.54 Å². The van der Waals surface area contributed by atoms with E-state index >= 15 is 0 Å². The number of sulfonamides is 1. The average Bonchev–Trinajstić information content (AvgIpc) is 3.96. The van der Waals surface area contributed by atoms with Gasteiger partial charge in [0.15, 0.2) is 5.82 Å². The Morgan fingerprint density at radius 2 is 1.83 bits per heavy atom. The molecule has 2 unspecified atom stereocenters. The highest BCUT2D eigenvalue weighted by atomic mass is 32.2. The lowest BCUT2D eigenvalue weighted by atomic mass is 10.1. The van der Waals surface area contributed by atoms with E-state index in [4.69, 9.17) is 9.47 Å². The number of nitrogens with zero attached hydrogens (tertiary/aromatic N) is 5. The minimum atomic E-state index is -3.92. The molecule has 3 aliphatic rings. The van der Waals surface area contributed by atoms with Crippen molar-refractivity contribution in [1.82, 2.24) is 40.3 Å². The van der Waals surface area contributed by atoms with Crippen LogP contribution >= 0.6 is 11.3 Å². The molecule has 0 aromatic carbocycles. The first-order valence-corrected chi connectivity index (χ1v) is 19.7. The van der Waals surface area contributed by atoms with Crippen LogP contribution in [0.3, 0.4) is 0 Å². The molecule has 2 saturated carbocycles. The Morgan fingerprint density at radius 3 is 2.43 bits per heavy atom. The number of pyridine rings is 1. The summed E-state index contributed by atoms with van der Waals surface area (Å²) in [6.07, 6.45) is 2.42. The standard InChI is InChI=1S/C35H44N8O8S2/c1-8-20-18-35(20,30(45)41-53(48,49)22-12-13-22)39-27(44)25-17-21(19-42(25)32(47)43(33(2,3)4)40-31(46)51-34(5,6)7)50-28-23-14-16-52-29(23)38-26(37-28)24-11-9-10-15-36-24/h8-11,14-16,20-22,25H,1,12-13,17-19H2,2-7H3,(H,39,44)(H,40,46)(H,41,45)/t20-,21?,25+,35?/m1/s1. The molecule has 3 aromatic heterocycles.